The van der Waals surface area contributed by atoms with Gasteiger partial charge in [-0.05, 0) is 55.9 Å². The fourth-order valence-corrected chi connectivity index (χ4v) is 3.82. The minimum absolute atomic E-state index is 0.228. The van der Waals surface area contributed by atoms with Gasteiger partial charge in [0.25, 0.3) is 5.91 Å². The van der Waals surface area contributed by atoms with E-state index in [1.807, 2.05) is 24.3 Å². The minimum atomic E-state index is 0.228. The molecule has 1 aromatic carbocycles. The number of hydrogen-bond donors (Lipinski definition) is 1. The molecule has 1 N–H and O–H groups in total. The Bertz CT molecular complexity index is 482. The monoisotopic (exact) mass is 286 g/mol. The van der Waals surface area contributed by atoms with Crippen molar-refractivity contribution in [1.29, 1.82) is 0 Å². The lowest BCUT2D eigenvalue weighted by Gasteiger charge is -2.31. The maximum absolute atomic E-state index is 12.7. The van der Waals surface area contributed by atoms with Gasteiger partial charge in [-0.25, -0.2) is 0 Å². The van der Waals surface area contributed by atoms with E-state index in [0.29, 0.717) is 6.04 Å². The number of benzene rings is 1. The van der Waals surface area contributed by atoms with Gasteiger partial charge in [0.05, 0.1) is 0 Å². The number of nitrogens with one attached hydrogen (secondary N) is 1. The fourth-order valence-electron chi connectivity index (χ4n) is 3.82. The number of carbonyl (C=O) groups is 1. The molecule has 3 heteroatoms. The summed E-state index contributed by atoms with van der Waals surface area (Å²) in [5.74, 6) is 0.986. The zero-order chi connectivity index (χ0) is 14.7. The topological polar surface area (TPSA) is 32.3 Å². The van der Waals surface area contributed by atoms with E-state index >= 15 is 0 Å². The van der Waals surface area contributed by atoms with Gasteiger partial charge in [0.2, 0.25) is 0 Å². The summed E-state index contributed by atoms with van der Waals surface area (Å²) in [7, 11) is 0. The second-order valence-corrected chi connectivity index (χ2v) is 6.40. The number of carbonyl (C=O) groups excluding carboxylic acids is 1. The summed E-state index contributed by atoms with van der Waals surface area (Å²) in [5.41, 5.74) is 1.94. The first-order valence-electron chi connectivity index (χ1n) is 8.44. The summed E-state index contributed by atoms with van der Waals surface area (Å²) in [5, 5.41) is 3.35. The van der Waals surface area contributed by atoms with Crippen molar-refractivity contribution in [2.75, 3.05) is 18.4 Å². The van der Waals surface area contributed by atoms with E-state index < -0.39 is 0 Å². The molecule has 0 spiro atoms. The van der Waals surface area contributed by atoms with E-state index in [0.717, 1.165) is 36.7 Å². The van der Waals surface area contributed by atoms with E-state index in [1.54, 1.807) is 0 Å². The van der Waals surface area contributed by atoms with Crippen molar-refractivity contribution in [2.24, 2.45) is 5.92 Å². The molecule has 2 fully saturated rings. The summed E-state index contributed by atoms with van der Waals surface area (Å²) < 4.78 is 0. The van der Waals surface area contributed by atoms with Crippen LogP contribution in [0.5, 0.6) is 0 Å². The lowest BCUT2D eigenvalue weighted by atomic mass is 9.85. The average Bonchev–Trinajstić information content (AvgIpc) is 2.97. The highest BCUT2D eigenvalue weighted by molar-refractivity contribution is 5.95. The molecule has 1 saturated carbocycles. The van der Waals surface area contributed by atoms with E-state index in [4.69, 9.17) is 0 Å². The second kappa shape index (κ2) is 6.50. The summed E-state index contributed by atoms with van der Waals surface area (Å²) >= 11 is 0. The summed E-state index contributed by atoms with van der Waals surface area (Å²) in [6.45, 7) is 4.08. The van der Waals surface area contributed by atoms with Crippen molar-refractivity contribution in [3.63, 3.8) is 0 Å². The largest absolute Gasteiger partial charge is 0.385 e. The molecule has 2 unspecified atom stereocenters. The van der Waals surface area contributed by atoms with Crippen molar-refractivity contribution in [3.05, 3.63) is 29.8 Å². The minimum Gasteiger partial charge on any atom is -0.385 e. The van der Waals surface area contributed by atoms with Crippen LogP contribution >= 0.6 is 0 Å². The molecule has 0 aromatic heterocycles. The van der Waals surface area contributed by atoms with Crippen molar-refractivity contribution in [1.82, 2.24) is 4.90 Å². The first-order chi connectivity index (χ1) is 10.3. The van der Waals surface area contributed by atoms with Crippen LogP contribution in [0, 0.1) is 5.92 Å². The summed E-state index contributed by atoms with van der Waals surface area (Å²) in [6.07, 6.45) is 7.46. The van der Waals surface area contributed by atoms with Gasteiger partial charge in [-0.3, -0.25) is 4.79 Å². The van der Waals surface area contributed by atoms with Crippen LogP contribution in [-0.4, -0.2) is 29.9 Å². The van der Waals surface area contributed by atoms with E-state index in [9.17, 15) is 4.79 Å². The Morgan fingerprint density at radius 2 is 1.95 bits per heavy atom. The maximum atomic E-state index is 12.7. The highest BCUT2D eigenvalue weighted by Crippen LogP contribution is 2.36. The van der Waals surface area contributed by atoms with E-state index in [1.165, 1.54) is 32.1 Å². The lowest BCUT2D eigenvalue weighted by molar-refractivity contribution is 0.0690. The van der Waals surface area contributed by atoms with Crippen LogP contribution in [0.1, 0.15) is 55.8 Å². The second-order valence-electron chi connectivity index (χ2n) is 6.40. The molecular weight excluding hydrogens is 260 g/mol. The van der Waals surface area contributed by atoms with Crippen molar-refractivity contribution in [3.8, 4) is 0 Å². The Balaban J connectivity index is 1.67. The maximum Gasteiger partial charge on any atom is 0.254 e. The van der Waals surface area contributed by atoms with Crippen molar-refractivity contribution in [2.45, 2.75) is 51.5 Å². The number of fused-ring (bicyclic) bond motifs is 1. The Hall–Kier alpha value is -1.51. The van der Waals surface area contributed by atoms with Gasteiger partial charge in [-0.1, -0.05) is 19.8 Å². The number of rotatable bonds is 4. The molecule has 2 atom stereocenters. The normalized spacial score (nSPS) is 24.7. The number of nitrogens with zero attached hydrogens (tertiary/aromatic N) is 1. The van der Waals surface area contributed by atoms with Gasteiger partial charge in [-0.15, -0.1) is 0 Å². The van der Waals surface area contributed by atoms with Crippen LogP contribution in [0.2, 0.25) is 0 Å². The first-order valence-corrected chi connectivity index (χ1v) is 8.44. The quantitative estimate of drug-likeness (QED) is 0.910. The SMILES string of the molecule is CCCNc1ccc(C(=O)N2CCC3CCCCC32)cc1. The molecule has 1 amide bonds. The van der Waals surface area contributed by atoms with Crippen LogP contribution in [-0.2, 0) is 0 Å². The third-order valence-electron chi connectivity index (χ3n) is 4.98. The first kappa shape index (κ1) is 14.4. The third kappa shape index (κ3) is 3.07. The van der Waals surface area contributed by atoms with E-state index in [2.05, 4.69) is 17.1 Å². The zero-order valence-corrected chi connectivity index (χ0v) is 13.0. The number of likely N-dealkylation sites (tertiary alicyclic amines) is 1. The lowest BCUT2D eigenvalue weighted by Crippen LogP contribution is -2.39. The molecule has 1 saturated heterocycles. The Kier molecular flexibility index (Phi) is 4.47. The van der Waals surface area contributed by atoms with Crippen LogP contribution in [0.4, 0.5) is 5.69 Å². The van der Waals surface area contributed by atoms with Crippen LogP contribution < -0.4 is 5.32 Å². The Labute approximate surface area is 127 Å². The predicted molar refractivity (Wildman–Crippen MR) is 86.6 cm³/mol. The molecular formula is C18H26N2O. The van der Waals surface area contributed by atoms with Gasteiger partial charge in [0.15, 0.2) is 0 Å². The fraction of sp³-hybridized carbons (Fsp3) is 0.611. The van der Waals surface area contributed by atoms with Crippen molar-refractivity contribution < 1.29 is 4.79 Å². The zero-order valence-electron chi connectivity index (χ0n) is 13.0. The molecule has 2 aliphatic rings. The summed E-state index contributed by atoms with van der Waals surface area (Å²) in [4.78, 5) is 14.9. The van der Waals surface area contributed by atoms with Crippen molar-refractivity contribution >= 4 is 11.6 Å². The van der Waals surface area contributed by atoms with Crippen LogP contribution in [0.25, 0.3) is 0 Å². The highest BCUT2D eigenvalue weighted by atomic mass is 16.2. The Morgan fingerprint density at radius 3 is 2.71 bits per heavy atom. The highest BCUT2D eigenvalue weighted by Gasteiger charge is 2.38. The molecule has 0 radical (unpaired) electrons. The molecule has 1 aliphatic carbocycles. The molecule has 1 heterocycles. The van der Waals surface area contributed by atoms with Gasteiger partial charge in [0, 0.05) is 30.4 Å². The summed E-state index contributed by atoms with van der Waals surface area (Å²) in [6, 6.07) is 8.49. The van der Waals surface area contributed by atoms with Gasteiger partial charge < -0.3 is 10.2 Å². The van der Waals surface area contributed by atoms with Crippen LogP contribution in [0.15, 0.2) is 24.3 Å². The number of anilines is 1. The van der Waals surface area contributed by atoms with E-state index in [-0.39, 0.29) is 5.91 Å². The predicted octanol–water partition coefficient (Wildman–Crippen LogP) is 3.91. The van der Waals surface area contributed by atoms with Crippen LogP contribution in [0.3, 0.4) is 0 Å². The number of hydrogen-bond acceptors (Lipinski definition) is 2. The average molecular weight is 286 g/mol. The molecule has 0 bridgehead atoms. The third-order valence-corrected chi connectivity index (χ3v) is 4.98. The number of amides is 1. The standard InChI is InChI=1S/C18H26N2O/c1-2-12-19-16-9-7-15(8-10-16)18(21)20-13-11-14-5-3-4-6-17(14)20/h7-10,14,17,19H,2-6,11-13H2,1H3. The smallest absolute Gasteiger partial charge is 0.254 e. The molecule has 1 aliphatic heterocycles. The molecule has 3 rings (SSSR count). The molecule has 1 aromatic rings. The molecule has 21 heavy (non-hydrogen) atoms. The Morgan fingerprint density at radius 1 is 1.19 bits per heavy atom. The van der Waals surface area contributed by atoms with Gasteiger partial charge in [0.1, 0.15) is 0 Å². The molecule has 114 valence electrons. The molecule has 3 nitrogen and oxygen atoms in total. The van der Waals surface area contributed by atoms with Gasteiger partial charge >= 0.3 is 0 Å². The van der Waals surface area contributed by atoms with Gasteiger partial charge in [-0.2, -0.15) is 0 Å².